The Bertz CT molecular complexity index is 1290. The maximum atomic E-state index is 13.4. The molecule has 0 saturated carbocycles. The molecule has 0 radical (unpaired) electrons. The van der Waals surface area contributed by atoms with E-state index in [2.05, 4.69) is 9.88 Å². The fourth-order valence-corrected chi connectivity index (χ4v) is 6.65. The summed E-state index contributed by atoms with van der Waals surface area (Å²) in [6.07, 6.45) is 5.00. The van der Waals surface area contributed by atoms with E-state index in [1.54, 1.807) is 29.4 Å². The van der Waals surface area contributed by atoms with Crippen LogP contribution in [-0.4, -0.2) is 79.0 Å². The third-order valence-corrected chi connectivity index (χ3v) is 9.03. The Morgan fingerprint density at radius 3 is 2.37 bits per heavy atom. The minimum atomic E-state index is -3.74. The van der Waals surface area contributed by atoms with Gasteiger partial charge in [0.1, 0.15) is 0 Å². The van der Waals surface area contributed by atoms with Gasteiger partial charge in [-0.25, -0.2) is 8.42 Å². The van der Waals surface area contributed by atoms with Crippen LogP contribution in [0.15, 0.2) is 71.9 Å². The van der Waals surface area contributed by atoms with Crippen molar-refractivity contribution < 1.29 is 18.3 Å². The zero-order chi connectivity index (χ0) is 24.4. The van der Waals surface area contributed by atoms with Gasteiger partial charge in [-0.1, -0.05) is 30.3 Å². The van der Waals surface area contributed by atoms with Gasteiger partial charge < -0.3 is 14.9 Å². The van der Waals surface area contributed by atoms with Crippen LogP contribution < -0.4 is 4.90 Å². The molecule has 1 unspecified atom stereocenters. The maximum Gasteiger partial charge on any atom is 0.243 e. The number of piperidine rings is 1. The predicted molar refractivity (Wildman–Crippen MR) is 134 cm³/mol. The van der Waals surface area contributed by atoms with E-state index in [4.69, 9.17) is 0 Å². The van der Waals surface area contributed by atoms with Crippen molar-refractivity contribution in [2.24, 2.45) is 5.92 Å². The average Bonchev–Trinajstić information content (AvgIpc) is 2.92. The van der Waals surface area contributed by atoms with Crippen molar-refractivity contribution in [3.63, 3.8) is 0 Å². The Hall–Kier alpha value is -3.01. The van der Waals surface area contributed by atoms with Gasteiger partial charge in [0, 0.05) is 56.7 Å². The predicted octanol–water partition coefficient (Wildman–Crippen LogP) is 2.35. The molecule has 2 saturated heterocycles. The van der Waals surface area contributed by atoms with Crippen molar-refractivity contribution in [3.05, 3.63) is 67.0 Å². The zero-order valence-corrected chi connectivity index (χ0v) is 20.3. The molecule has 0 aliphatic carbocycles. The van der Waals surface area contributed by atoms with E-state index in [1.807, 2.05) is 42.5 Å². The van der Waals surface area contributed by atoms with Crippen LogP contribution >= 0.6 is 0 Å². The fraction of sp³-hybridized carbons (Fsp3) is 0.385. The number of pyridine rings is 1. The lowest BCUT2D eigenvalue weighted by atomic mass is 9.94. The summed E-state index contributed by atoms with van der Waals surface area (Å²) in [5.41, 5.74) is 1.10. The normalized spacial score (nSPS) is 20.3. The highest BCUT2D eigenvalue weighted by Gasteiger charge is 2.38. The van der Waals surface area contributed by atoms with Crippen LogP contribution in [0.25, 0.3) is 10.8 Å². The van der Waals surface area contributed by atoms with Crippen molar-refractivity contribution in [2.45, 2.75) is 23.8 Å². The number of fused-ring (bicyclic) bond motifs is 1. The molecule has 2 aliphatic rings. The lowest BCUT2D eigenvalue weighted by Gasteiger charge is -2.42. The van der Waals surface area contributed by atoms with Gasteiger partial charge in [0.2, 0.25) is 15.9 Å². The topological polar surface area (TPSA) is 94.1 Å². The van der Waals surface area contributed by atoms with Crippen molar-refractivity contribution in [2.75, 3.05) is 44.2 Å². The highest BCUT2D eigenvalue weighted by atomic mass is 32.2. The van der Waals surface area contributed by atoms with E-state index in [0.717, 1.165) is 42.4 Å². The second-order valence-corrected chi connectivity index (χ2v) is 11.1. The SMILES string of the molecule is O=C(C1CCN(c2ccncc2)CC1)N1CCN(S(=O)(=O)c2ccc3ccccc3c2)CC1CO. The first kappa shape index (κ1) is 23.7. The molecule has 35 heavy (non-hydrogen) atoms. The zero-order valence-electron chi connectivity index (χ0n) is 19.5. The maximum absolute atomic E-state index is 13.4. The Labute approximate surface area is 205 Å². The van der Waals surface area contributed by atoms with Crippen LogP contribution in [0.3, 0.4) is 0 Å². The molecule has 3 heterocycles. The van der Waals surface area contributed by atoms with Gasteiger partial charge >= 0.3 is 0 Å². The first-order chi connectivity index (χ1) is 17.0. The quantitative estimate of drug-likeness (QED) is 0.585. The number of anilines is 1. The molecule has 2 fully saturated rings. The summed E-state index contributed by atoms with van der Waals surface area (Å²) in [6.45, 7) is 1.87. The van der Waals surface area contributed by atoms with Gasteiger partial charge in [-0.3, -0.25) is 9.78 Å². The standard InChI is InChI=1S/C26H30N4O4S/c31-19-24-18-29(35(33,34)25-6-5-20-3-1-2-4-22(20)17-25)15-16-30(24)26(32)21-9-13-28(14-10-21)23-7-11-27-12-8-23/h1-8,11-12,17,21,24,31H,9-10,13-16,18-19H2. The molecule has 0 spiro atoms. The number of carbonyl (C=O) groups is 1. The van der Waals surface area contributed by atoms with Crippen molar-refractivity contribution in [3.8, 4) is 0 Å². The summed E-state index contributed by atoms with van der Waals surface area (Å²) < 4.78 is 28.1. The van der Waals surface area contributed by atoms with Crippen molar-refractivity contribution in [1.29, 1.82) is 0 Å². The van der Waals surface area contributed by atoms with Gasteiger partial charge in [0.05, 0.1) is 17.5 Å². The van der Waals surface area contributed by atoms with E-state index in [-0.39, 0.29) is 43.0 Å². The molecular formula is C26H30N4O4S. The number of nitrogens with zero attached hydrogens (tertiary/aromatic N) is 4. The number of carbonyl (C=O) groups excluding carboxylic acids is 1. The monoisotopic (exact) mass is 494 g/mol. The number of aromatic nitrogens is 1. The second-order valence-electron chi connectivity index (χ2n) is 9.21. The summed E-state index contributed by atoms with van der Waals surface area (Å²) >= 11 is 0. The first-order valence-corrected chi connectivity index (χ1v) is 13.5. The van der Waals surface area contributed by atoms with E-state index < -0.39 is 16.1 Å². The summed E-state index contributed by atoms with van der Waals surface area (Å²) in [7, 11) is -3.74. The van der Waals surface area contributed by atoms with Gasteiger partial charge in [0.15, 0.2) is 0 Å². The van der Waals surface area contributed by atoms with Crippen LogP contribution in [0, 0.1) is 5.92 Å². The van der Waals surface area contributed by atoms with E-state index in [1.165, 1.54) is 4.31 Å². The molecule has 3 aromatic rings. The number of amides is 1. The van der Waals surface area contributed by atoms with Crippen molar-refractivity contribution in [1.82, 2.24) is 14.2 Å². The molecule has 8 nitrogen and oxygen atoms in total. The largest absolute Gasteiger partial charge is 0.394 e. The number of hydrogen-bond acceptors (Lipinski definition) is 6. The molecule has 184 valence electrons. The number of aliphatic hydroxyl groups excluding tert-OH is 1. The summed E-state index contributed by atoms with van der Waals surface area (Å²) in [6, 6.07) is 16.1. The van der Waals surface area contributed by atoms with E-state index in [9.17, 15) is 18.3 Å². The molecule has 1 atom stereocenters. The Morgan fingerprint density at radius 2 is 1.66 bits per heavy atom. The summed E-state index contributed by atoms with van der Waals surface area (Å²) in [4.78, 5) is 21.6. The molecule has 1 aromatic heterocycles. The first-order valence-electron chi connectivity index (χ1n) is 12.0. The Balaban J connectivity index is 1.25. The summed E-state index contributed by atoms with van der Waals surface area (Å²) in [5, 5.41) is 11.9. The molecule has 1 amide bonds. The number of benzene rings is 2. The Kier molecular flexibility index (Phi) is 6.73. The second kappa shape index (κ2) is 9.93. The third-order valence-electron chi connectivity index (χ3n) is 7.17. The number of piperazine rings is 1. The van der Waals surface area contributed by atoms with E-state index >= 15 is 0 Å². The Morgan fingerprint density at radius 1 is 0.943 bits per heavy atom. The van der Waals surface area contributed by atoms with Gasteiger partial charge in [-0.15, -0.1) is 0 Å². The van der Waals surface area contributed by atoms with E-state index in [0.29, 0.717) is 0 Å². The average molecular weight is 495 g/mol. The highest BCUT2D eigenvalue weighted by molar-refractivity contribution is 7.89. The molecule has 5 rings (SSSR count). The van der Waals surface area contributed by atoms with Crippen LogP contribution in [0.5, 0.6) is 0 Å². The van der Waals surface area contributed by atoms with Gasteiger partial charge in [-0.2, -0.15) is 4.31 Å². The van der Waals surface area contributed by atoms with Crippen LogP contribution in [0.1, 0.15) is 12.8 Å². The van der Waals surface area contributed by atoms with Gasteiger partial charge in [-0.05, 0) is 47.9 Å². The number of rotatable bonds is 5. The number of aliphatic hydroxyl groups is 1. The molecule has 0 bridgehead atoms. The molecular weight excluding hydrogens is 464 g/mol. The molecule has 9 heteroatoms. The lowest BCUT2D eigenvalue weighted by molar-refractivity contribution is -0.141. The molecule has 2 aromatic carbocycles. The van der Waals surface area contributed by atoms with Crippen LogP contribution in [0.2, 0.25) is 0 Å². The fourth-order valence-electron chi connectivity index (χ4n) is 5.14. The third kappa shape index (κ3) is 4.76. The van der Waals surface area contributed by atoms with Crippen LogP contribution in [-0.2, 0) is 14.8 Å². The minimum Gasteiger partial charge on any atom is -0.394 e. The minimum absolute atomic E-state index is 0.0150. The van der Waals surface area contributed by atoms with Crippen LogP contribution in [0.4, 0.5) is 5.69 Å². The number of hydrogen-bond donors (Lipinski definition) is 1. The smallest absolute Gasteiger partial charge is 0.243 e. The highest BCUT2D eigenvalue weighted by Crippen LogP contribution is 2.28. The molecule has 1 N–H and O–H groups in total. The molecule has 2 aliphatic heterocycles. The lowest BCUT2D eigenvalue weighted by Crippen LogP contribution is -2.59. The summed E-state index contributed by atoms with van der Waals surface area (Å²) in [5.74, 6) is -0.105. The van der Waals surface area contributed by atoms with Gasteiger partial charge in [0.25, 0.3) is 0 Å². The number of sulfonamides is 1. The van der Waals surface area contributed by atoms with Crippen molar-refractivity contribution >= 4 is 32.4 Å².